The first-order valence-corrected chi connectivity index (χ1v) is 9.94. The highest BCUT2D eigenvalue weighted by Gasteiger charge is 2.15. The summed E-state index contributed by atoms with van der Waals surface area (Å²) in [6.07, 6.45) is 4.34. The van der Waals surface area contributed by atoms with Gasteiger partial charge in [-0.3, -0.25) is 9.78 Å². The van der Waals surface area contributed by atoms with E-state index in [1.54, 1.807) is 30.6 Å². The topological polar surface area (TPSA) is 96.5 Å². The lowest BCUT2D eigenvalue weighted by Crippen LogP contribution is -2.14. The molecule has 7 nitrogen and oxygen atoms in total. The van der Waals surface area contributed by atoms with Crippen molar-refractivity contribution in [1.82, 2.24) is 19.7 Å². The normalized spacial score (nSPS) is 10.5. The van der Waals surface area contributed by atoms with Crippen molar-refractivity contribution in [3.63, 3.8) is 0 Å². The van der Waals surface area contributed by atoms with Crippen molar-refractivity contribution >= 4 is 35.0 Å². The van der Waals surface area contributed by atoms with Gasteiger partial charge in [0.15, 0.2) is 11.0 Å². The molecule has 28 heavy (non-hydrogen) atoms. The molecule has 9 heteroatoms. The van der Waals surface area contributed by atoms with E-state index in [0.29, 0.717) is 21.4 Å². The number of carbonyl (C=O) groups excluding carboxylic acids is 1. The molecule has 0 bridgehead atoms. The van der Waals surface area contributed by atoms with Gasteiger partial charge in [0.1, 0.15) is 6.07 Å². The molecule has 0 radical (unpaired) electrons. The quantitative estimate of drug-likeness (QED) is 0.589. The molecule has 0 aliphatic heterocycles. The first-order valence-electron chi connectivity index (χ1n) is 8.58. The molecule has 3 rings (SSSR count). The van der Waals surface area contributed by atoms with Gasteiger partial charge >= 0.3 is 0 Å². The highest BCUT2D eigenvalue weighted by molar-refractivity contribution is 7.99. The van der Waals surface area contributed by atoms with Crippen molar-refractivity contribution in [3.05, 3.63) is 53.3 Å². The zero-order valence-corrected chi connectivity index (χ0v) is 16.7. The van der Waals surface area contributed by atoms with E-state index in [1.165, 1.54) is 11.8 Å². The Morgan fingerprint density at radius 1 is 1.29 bits per heavy atom. The van der Waals surface area contributed by atoms with Crippen molar-refractivity contribution in [2.75, 3.05) is 11.1 Å². The number of hydrogen-bond acceptors (Lipinski definition) is 6. The summed E-state index contributed by atoms with van der Waals surface area (Å²) in [5.74, 6) is 0.740. The highest BCUT2D eigenvalue weighted by atomic mass is 35.5. The molecule has 0 aliphatic rings. The Hall–Kier alpha value is -2.89. The Balaban J connectivity index is 1.69. The number of pyridine rings is 1. The molecule has 0 atom stereocenters. The molecule has 1 amide bonds. The van der Waals surface area contributed by atoms with Gasteiger partial charge in [-0.1, -0.05) is 30.3 Å². The third-order valence-electron chi connectivity index (χ3n) is 3.81. The maximum absolute atomic E-state index is 12.3. The van der Waals surface area contributed by atoms with Gasteiger partial charge in [-0.2, -0.15) is 5.26 Å². The number of nitrogens with zero attached hydrogens (tertiary/aromatic N) is 5. The average molecular weight is 413 g/mol. The largest absolute Gasteiger partial charge is 0.325 e. The van der Waals surface area contributed by atoms with Crippen LogP contribution in [-0.4, -0.2) is 31.4 Å². The number of benzene rings is 1. The van der Waals surface area contributed by atoms with Gasteiger partial charge in [0, 0.05) is 30.2 Å². The van der Waals surface area contributed by atoms with Crippen LogP contribution in [0.2, 0.25) is 5.02 Å². The molecule has 2 aromatic heterocycles. The lowest BCUT2D eigenvalue weighted by Gasteiger charge is -2.09. The molecule has 3 aromatic rings. The molecule has 0 aliphatic carbocycles. The number of carbonyl (C=O) groups is 1. The maximum atomic E-state index is 12.3. The standard InChI is InChI=1S/C19H17ClN6OS/c1-2-9-26-18(13-5-7-22-8-6-13)24-25-19(26)28-12-17(27)23-15-4-3-14(11-21)16(20)10-15/h3-8,10H,2,9,12H2,1H3,(H,23,27). The SMILES string of the molecule is CCCn1c(SCC(=O)Nc2ccc(C#N)c(Cl)c2)nnc1-c1ccncc1. The Morgan fingerprint density at radius 3 is 2.75 bits per heavy atom. The minimum Gasteiger partial charge on any atom is -0.325 e. The minimum absolute atomic E-state index is 0.176. The zero-order chi connectivity index (χ0) is 19.9. The van der Waals surface area contributed by atoms with Crippen LogP contribution in [0.15, 0.2) is 47.9 Å². The molecule has 1 N–H and O–H groups in total. The Kier molecular flexibility index (Phi) is 6.63. The zero-order valence-electron chi connectivity index (χ0n) is 15.1. The monoisotopic (exact) mass is 412 g/mol. The smallest absolute Gasteiger partial charge is 0.234 e. The van der Waals surface area contributed by atoms with Crippen LogP contribution in [-0.2, 0) is 11.3 Å². The van der Waals surface area contributed by atoms with Gasteiger partial charge in [-0.25, -0.2) is 0 Å². The van der Waals surface area contributed by atoms with Gasteiger partial charge in [0.05, 0.1) is 16.3 Å². The molecule has 0 unspecified atom stereocenters. The number of anilines is 1. The molecule has 0 spiro atoms. The summed E-state index contributed by atoms with van der Waals surface area (Å²) in [5, 5.41) is 21.2. The van der Waals surface area contributed by atoms with Crippen molar-refractivity contribution in [3.8, 4) is 17.5 Å². The molecule has 0 fully saturated rings. The fourth-order valence-corrected chi connectivity index (χ4v) is 3.53. The van der Waals surface area contributed by atoms with Gasteiger partial charge in [-0.05, 0) is 36.8 Å². The second-order valence-electron chi connectivity index (χ2n) is 5.84. The Bertz CT molecular complexity index is 1020. The van der Waals surface area contributed by atoms with Gasteiger partial charge in [-0.15, -0.1) is 10.2 Å². The lowest BCUT2D eigenvalue weighted by atomic mass is 10.2. The minimum atomic E-state index is -0.192. The molecule has 142 valence electrons. The predicted molar refractivity (Wildman–Crippen MR) is 109 cm³/mol. The number of thioether (sulfide) groups is 1. The van der Waals surface area contributed by atoms with Crippen LogP contribution in [0.1, 0.15) is 18.9 Å². The second kappa shape index (κ2) is 9.35. The summed E-state index contributed by atoms with van der Waals surface area (Å²) >= 11 is 7.32. The van der Waals surface area contributed by atoms with E-state index >= 15 is 0 Å². The summed E-state index contributed by atoms with van der Waals surface area (Å²) in [6, 6.07) is 10.5. The van der Waals surface area contributed by atoms with Crippen LogP contribution in [0.4, 0.5) is 5.69 Å². The van der Waals surface area contributed by atoms with Crippen molar-refractivity contribution in [2.24, 2.45) is 0 Å². The first-order chi connectivity index (χ1) is 13.6. The van der Waals surface area contributed by atoms with Crippen LogP contribution >= 0.6 is 23.4 Å². The molecule has 2 heterocycles. The number of hydrogen-bond donors (Lipinski definition) is 1. The van der Waals surface area contributed by atoms with E-state index in [2.05, 4.69) is 27.4 Å². The van der Waals surface area contributed by atoms with E-state index in [9.17, 15) is 4.79 Å². The van der Waals surface area contributed by atoms with Crippen LogP contribution in [0.3, 0.4) is 0 Å². The third-order valence-corrected chi connectivity index (χ3v) is 5.09. The van der Waals surface area contributed by atoms with E-state index < -0.39 is 0 Å². The van der Waals surface area contributed by atoms with Crippen molar-refractivity contribution < 1.29 is 4.79 Å². The Labute approximate surface area is 171 Å². The van der Waals surface area contributed by atoms with Gasteiger partial charge in [0.2, 0.25) is 5.91 Å². The number of nitrogens with one attached hydrogen (secondary N) is 1. The van der Waals surface area contributed by atoms with Crippen molar-refractivity contribution in [2.45, 2.75) is 25.0 Å². The van der Waals surface area contributed by atoms with E-state index in [4.69, 9.17) is 16.9 Å². The molecule has 1 aromatic carbocycles. The number of aromatic nitrogens is 4. The number of rotatable bonds is 7. The van der Waals surface area contributed by atoms with E-state index in [0.717, 1.165) is 24.4 Å². The van der Waals surface area contributed by atoms with Crippen LogP contribution < -0.4 is 5.32 Å². The second-order valence-corrected chi connectivity index (χ2v) is 7.19. The Morgan fingerprint density at radius 2 is 2.07 bits per heavy atom. The summed E-state index contributed by atoms with van der Waals surface area (Å²) < 4.78 is 2.01. The third kappa shape index (κ3) is 4.68. The van der Waals surface area contributed by atoms with Crippen LogP contribution in [0, 0.1) is 11.3 Å². The molecular formula is C19H17ClN6OS. The van der Waals surface area contributed by atoms with Crippen LogP contribution in [0.5, 0.6) is 0 Å². The predicted octanol–water partition coefficient (Wildman–Crippen LogP) is 4.01. The summed E-state index contributed by atoms with van der Waals surface area (Å²) in [7, 11) is 0. The molecule has 0 saturated heterocycles. The summed E-state index contributed by atoms with van der Waals surface area (Å²) in [6.45, 7) is 2.83. The van der Waals surface area contributed by atoms with Gasteiger partial charge in [0.25, 0.3) is 0 Å². The van der Waals surface area contributed by atoms with Crippen LogP contribution in [0.25, 0.3) is 11.4 Å². The fraction of sp³-hybridized carbons (Fsp3) is 0.211. The van der Waals surface area contributed by atoms with E-state index in [-0.39, 0.29) is 11.7 Å². The number of amides is 1. The number of nitriles is 1. The highest BCUT2D eigenvalue weighted by Crippen LogP contribution is 2.25. The summed E-state index contributed by atoms with van der Waals surface area (Å²) in [4.78, 5) is 16.3. The number of halogens is 1. The fourth-order valence-electron chi connectivity index (χ4n) is 2.55. The average Bonchev–Trinajstić information content (AvgIpc) is 3.10. The molecule has 0 saturated carbocycles. The van der Waals surface area contributed by atoms with Gasteiger partial charge < -0.3 is 9.88 Å². The maximum Gasteiger partial charge on any atom is 0.234 e. The van der Waals surface area contributed by atoms with E-state index in [1.807, 2.05) is 22.8 Å². The lowest BCUT2D eigenvalue weighted by molar-refractivity contribution is -0.113. The first kappa shape index (κ1) is 19.9. The van der Waals surface area contributed by atoms with Crippen molar-refractivity contribution in [1.29, 1.82) is 5.26 Å². The summed E-state index contributed by atoms with van der Waals surface area (Å²) in [5.41, 5.74) is 1.84. The molecular weight excluding hydrogens is 396 g/mol.